The number of nitrogens with zero attached hydrogens (tertiary/aromatic N) is 2. The van der Waals surface area contributed by atoms with Gasteiger partial charge in [-0.25, -0.2) is 0 Å². The second-order valence-corrected chi connectivity index (χ2v) is 4.99. The van der Waals surface area contributed by atoms with Gasteiger partial charge in [0.05, 0.1) is 12.1 Å². The van der Waals surface area contributed by atoms with E-state index in [1.54, 1.807) is 0 Å². The van der Waals surface area contributed by atoms with Crippen LogP contribution in [0.25, 0.3) is 0 Å². The molecule has 1 saturated heterocycles. The van der Waals surface area contributed by atoms with Gasteiger partial charge in [0.1, 0.15) is 0 Å². The van der Waals surface area contributed by atoms with Crippen molar-refractivity contribution in [2.45, 2.75) is 39.3 Å². The molecule has 0 bridgehead atoms. The molecule has 94 valence electrons. The summed E-state index contributed by atoms with van der Waals surface area (Å²) < 4.78 is 0. The minimum atomic E-state index is 0.164. The van der Waals surface area contributed by atoms with E-state index in [-0.39, 0.29) is 5.91 Å². The van der Waals surface area contributed by atoms with Crippen molar-refractivity contribution in [1.29, 1.82) is 0 Å². The zero-order chi connectivity index (χ0) is 12.4. The molecule has 5 nitrogen and oxygen atoms in total. The Kier molecular flexibility index (Phi) is 3.47. The predicted octanol–water partition coefficient (Wildman–Crippen LogP) is 0.469. The number of hydrogen-bond donors (Lipinski definition) is 2. The number of carbonyl (C=O) groups is 1. The lowest BCUT2D eigenvalue weighted by molar-refractivity contribution is -0.132. The maximum absolute atomic E-state index is 12.1. The van der Waals surface area contributed by atoms with E-state index < -0.39 is 0 Å². The fraction of sp³-hybridized carbons (Fsp3) is 0.667. The Morgan fingerprint density at radius 3 is 2.65 bits per heavy atom. The van der Waals surface area contributed by atoms with Gasteiger partial charge in [-0.1, -0.05) is 0 Å². The third kappa shape index (κ3) is 3.06. The molecule has 2 N–H and O–H groups in total. The summed E-state index contributed by atoms with van der Waals surface area (Å²) in [7, 11) is 0. The fourth-order valence-electron chi connectivity index (χ4n) is 2.36. The van der Waals surface area contributed by atoms with Crippen LogP contribution in [0.1, 0.15) is 25.2 Å². The maximum atomic E-state index is 12.1. The first-order valence-electron chi connectivity index (χ1n) is 6.09. The van der Waals surface area contributed by atoms with Gasteiger partial charge < -0.3 is 10.2 Å². The molecule has 17 heavy (non-hydrogen) atoms. The van der Waals surface area contributed by atoms with E-state index in [1.807, 2.05) is 17.9 Å². The van der Waals surface area contributed by atoms with Crippen molar-refractivity contribution in [3.8, 4) is 0 Å². The SMILES string of the molecule is Cc1cc(CC(=O)N2C[C@@H](C)N[C@H](C)C2)n[nH]1. The van der Waals surface area contributed by atoms with Crippen LogP contribution in [0.4, 0.5) is 0 Å². The normalized spacial score (nSPS) is 25.0. The molecule has 0 spiro atoms. The number of carbonyl (C=O) groups excluding carboxylic acids is 1. The van der Waals surface area contributed by atoms with Crippen molar-refractivity contribution in [3.63, 3.8) is 0 Å². The van der Waals surface area contributed by atoms with Crippen LogP contribution in [0.15, 0.2) is 6.07 Å². The molecule has 1 aromatic rings. The molecule has 1 amide bonds. The topological polar surface area (TPSA) is 61.0 Å². The Bertz CT molecular complexity index is 391. The smallest absolute Gasteiger partial charge is 0.228 e. The summed E-state index contributed by atoms with van der Waals surface area (Å²) in [5.74, 6) is 0.164. The van der Waals surface area contributed by atoms with Gasteiger partial charge >= 0.3 is 0 Å². The largest absolute Gasteiger partial charge is 0.339 e. The van der Waals surface area contributed by atoms with Gasteiger partial charge in [0.2, 0.25) is 5.91 Å². The Morgan fingerprint density at radius 1 is 1.47 bits per heavy atom. The first kappa shape index (κ1) is 12.1. The molecule has 1 aromatic heterocycles. The third-order valence-corrected chi connectivity index (χ3v) is 3.00. The van der Waals surface area contributed by atoms with Gasteiger partial charge in [0.25, 0.3) is 0 Å². The average molecular weight is 236 g/mol. The summed E-state index contributed by atoms with van der Waals surface area (Å²) in [6.07, 6.45) is 0.393. The Hall–Kier alpha value is -1.36. The lowest BCUT2D eigenvalue weighted by Gasteiger charge is -2.36. The summed E-state index contributed by atoms with van der Waals surface area (Å²) in [6, 6.07) is 2.65. The van der Waals surface area contributed by atoms with Crippen molar-refractivity contribution in [2.24, 2.45) is 0 Å². The molecule has 5 heteroatoms. The monoisotopic (exact) mass is 236 g/mol. The molecule has 0 saturated carbocycles. The highest BCUT2D eigenvalue weighted by molar-refractivity contribution is 5.78. The number of rotatable bonds is 2. The molecule has 0 unspecified atom stereocenters. The predicted molar refractivity (Wildman–Crippen MR) is 65.7 cm³/mol. The van der Waals surface area contributed by atoms with Crippen LogP contribution in [0.5, 0.6) is 0 Å². The highest BCUT2D eigenvalue weighted by atomic mass is 16.2. The molecule has 0 radical (unpaired) electrons. The van der Waals surface area contributed by atoms with Crippen LogP contribution in [-0.2, 0) is 11.2 Å². The molecule has 2 atom stereocenters. The lowest BCUT2D eigenvalue weighted by atomic mass is 10.1. The van der Waals surface area contributed by atoms with Crippen molar-refractivity contribution in [3.05, 3.63) is 17.5 Å². The fourth-order valence-corrected chi connectivity index (χ4v) is 2.36. The summed E-state index contributed by atoms with van der Waals surface area (Å²) in [6.45, 7) is 7.72. The van der Waals surface area contributed by atoms with E-state index in [1.165, 1.54) is 0 Å². The molecule has 0 aromatic carbocycles. The number of aryl methyl sites for hydroxylation is 1. The van der Waals surface area contributed by atoms with Gasteiger partial charge in [-0.15, -0.1) is 0 Å². The van der Waals surface area contributed by atoms with Gasteiger partial charge in [-0.2, -0.15) is 5.10 Å². The lowest BCUT2D eigenvalue weighted by Crippen LogP contribution is -2.56. The molecular formula is C12H20N4O. The van der Waals surface area contributed by atoms with Crippen LogP contribution in [0, 0.1) is 6.92 Å². The number of amides is 1. The average Bonchev–Trinajstić information content (AvgIpc) is 2.62. The minimum absolute atomic E-state index is 0.164. The maximum Gasteiger partial charge on any atom is 0.228 e. The van der Waals surface area contributed by atoms with Crippen molar-refractivity contribution < 1.29 is 4.79 Å². The van der Waals surface area contributed by atoms with E-state index in [4.69, 9.17) is 0 Å². The van der Waals surface area contributed by atoms with E-state index >= 15 is 0 Å². The number of H-pyrrole nitrogens is 1. The standard InChI is InChI=1S/C12H20N4O/c1-8-4-11(15-14-8)5-12(17)16-6-9(2)13-10(3)7-16/h4,9-10,13H,5-7H2,1-3H3,(H,14,15)/t9-,10-/m1/s1. The molecule has 1 fully saturated rings. The quantitative estimate of drug-likeness (QED) is 0.784. The van der Waals surface area contributed by atoms with Crippen molar-refractivity contribution in [1.82, 2.24) is 20.4 Å². The Balaban J connectivity index is 1.95. The van der Waals surface area contributed by atoms with Gasteiger partial charge in [0, 0.05) is 30.9 Å². The van der Waals surface area contributed by atoms with Crippen LogP contribution >= 0.6 is 0 Å². The third-order valence-electron chi connectivity index (χ3n) is 3.00. The van der Waals surface area contributed by atoms with E-state index in [0.29, 0.717) is 18.5 Å². The second kappa shape index (κ2) is 4.87. The minimum Gasteiger partial charge on any atom is -0.339 e. The number of aromatic nitrogens is 2. The first-order valence-corrected chi connectivity index (χ1v) is 6.09. The van der Waals surface area contributed by atoms with Crippen LogP contribution in [0.3, 0.4) is 0 Å². The Labute approximate surface area is 102 Å². The van der Waals surface area contributed by atoms with Crippen LogP contribution in [0.2, 0.25) is 0 Å². The highest BCUT2D eigenvalue weighted by Gasteiger charge is 2.24. The van der Waals surface area contributed by atoms with Gasteiger partial charge in [-0.05, 0) is 26.8 Å². The number of nitrogens with one attached hydrogen (secondary N) is 2. The van der Waals surface area contributed by atoms with Crippen molar-refractivity contribution in [2.75, 3.05) is 13.1 Å². The molecule has 1 aliphatic heterocycles. The van der Waals surface area contributed by atoms with Crippen LogP contribution < -0.4 is 5.32 Å². The molecular weight excluding hydrogens is 216 g/mol. The van der Waals surface area contributed by atoms with Crippen LogP contribution in [-0.4, -0.2) is 46.2 Å². The number of aromatic amines is 1. The Morgan fingerprint density at radius 2 is 2.12 bits per heavy atom. The molecule has 2 rings (SSSR count). The van der Waals surface area contributed by atoms with Gasteiger partial charge in [0.15, 0.2) is 0 Å². The van der Waals surface area contributed by atoms with E-state index in [9.17, 15) is 4.79 Å². The van der Waals surface area contributed by atoms with E-state index in [2.05, 4.69) is 29.4 Å². The summed E-state index contributed by atoms with van der Waals surface area (Å²) >= 11 is 0. The summed E-state index contributed by atoms with van der Waals surface area (Å²) in [5.41, 5.74) is 1.82. The van der Waals surface area contributed by atoms with E-state index in [0.717, 1.165) is 24.5 Å². The zero-order valence-corrected chi connectivity index (χ0v) is 10.7. The first-order chi connectivity index (χ1) is 8.04. The zero-order valence-electron chi connectivity index (χ0n) is 10.7. The molecule has 2 heterocycles. The number of piperazine rings is 1. The number of hydrogen-bond acceptors (Lipinski definition) is 3. The summed E-state index contributed by atoms with van der Waals surface area (Å²) in [4.78, 5) is 14.0. The summed E-state index contributed by atoms with van der Waals surface area (Å²) in [5, 5.41) is 10.4. The molecule has 1 aliphatic rings. The van der Waals surface area contributed by atoms with Crippen molar-refractivity contribution >= 4 is 5.91 Å². The highest BCUT2D eigenvalue weighted by Crippen LogP contribution is 2.07. The molecule has 0 aliphatic carbocycles. The van der Waals surface area contributed by atoms with Gasteiger partial charge in [-0.3, -0.25) is 9.89 Å². The second-order valence-electron chi connectivity index (χ2n) is 4.99.